The van der Waals surface area contributed by atoms with E-state index in [1.54, 1.807) is 7.05 Å². The van der Waals surface area contributed by atoms with Crippen molar-refractivity contribution < 1.29 is 9.59 Å². The van der Waals surface area contributed by atoms with Gasteiger partial charge in [0.05, 0.1) is 11.3 Å². The van der Waals surface area contributed by atoms with Crippen molar-refractivity contribution in [2.75, 3.05) is 30.8 Å². The van der Waals surface area contributed by atoms with Gasteiger partial charge in [-0.25, -0.2) is 0 Å². The maximum Gasteiger partial charge on any atom is 0.260 e. The largest absolute Gasteiger partial charge is 0.397 e. The van der Waals surface area contributed by atoms with Crippen molar-refractivity contribution in [1.29, 1.82) is 0 Å². The fraction of sp³-hybridized carbons (Fsp3) is 0.538. The van der Waals surface area contributed by atoms with Crippen molar-refractivity contribution >= 4 is 33.8 Å². The van der Waals surface area contributed by atoms with Gasteiger partial charge in [-0.1, -0.05) is 13.8 Å². The smallest absolute Gasteiger partial charge is 0.260 e. The van der Waals surface area contributed by atoms with E-state index in [4.69, 9.17) is 11.5 Å². The lowest BCUT2D eigenvalue weighted by molar-refractivity contribution is 0.0964. The highest BCUT2D eigenvalue weighted by Gasteiger charge is 2.34. The van der Waals surface area contributed by atoms with Crippen LogP contribution in [0.25, 0.3) is 0 Å². The number of nitrogens with one attached hydrogen (secondary N) is 1. The van der Waals surface area contributed by atoms with Gasteiger partial charge in [-0.05, 0) is 11.8 Å². The summed E-state index contributed by atoms with van der Waals surface area (Å²) in [6.07, 6.45) is 1.03. The van der Waals surface area contributed by atoms with Crippen LogP contribution in [0.4, 0.5) is 10.7 Å². The minimum Gasteiger partial charge on any atom is -0.397 e. The van der Waals surface area contributed by atoms with Crippen LogP contribution in [0.1, 0.15) is 40.3 Å². The summed E-state index contributed by atoms with van der Waals surface area (Å²) >= 11 is 1.20. The number of nitrogens with zero attached hydrogens (tertiary/aromatic N) is 1. The Morgan fingerprint density at radius 3 is 2.50 bits per heavy atom. The van der Waals surface area contributed by atoms with E-state index in [-0.39, 0.29) is 21.9 Å². The van der Waals surface area contributed by atoms with Crippen molar-refractivity contribution in [3.8, 4) is 0 Å². The fourth-order valence-electron chi connectivity index (χ4n) is 2.47. The van der Waals surface area contributed by atoms with Crippen molar-refractivity contribution in [3.05, 3.63) is 10.4 Å². The molecule has 0 radical (unpaired) electrons. The van der Waals surface area contributed by atoms with Gasteiger partial charge in [0.1, 0.15) is 9.88 Å². The zero-order valence-electron chi connectivity index (χ0n) is 11.9. The van der Waals surface area contributed by atoms with Crippen LogP contribution in [-0.2, 0) is 0 Å². The van der Waals surface area contributed by atoms with Gasteiger partial charge in [0, 0.05) is 20.1 Å². The third-order valence-corrected chi connectivity index (χ3v) is 4.85. The van der Waals surface area contributed by atoms with E-state index in [2.05, 4.69) is 24.1 Å². The van der Waals surface area contributed by atoms with Gasteiger partial charge < -0.3 is 21.7 Å². The lowest BCUT2D eigenvalue weighted by Crippen LogP contribution is -2.26. The molecule has 1 saturated heterocycles. The van der Waals surface area contributed by atoms with Crippen LogP contribution in [-0.4, -0.2) is 32.0 Å². The Labute approximate surface area is 122 Å². The molecule has 2 amide bonds. The predicted molar refractivity (Wildman–Crippen MR) is 81.3 cm³/mol. The molecule has 0 unspecified atom stereocenters. The monoisotopic (exact) mass is 296 g/mol. The first-order valence-electron chi connectivity index (χ1n) is 6.46. The third-order valence-electron chi connectivity index (χ3n) is 3.57. The third kappa shape index (κ3) is 2.45. The van der Waals surface area contributed by atoms with Gasteiger partial charge in [0.2, 0.25) is 0 Å². The average Bonchev–Trinajstić information content (AvgIpc) is 2.88. The van der Waals surface area contributed by atoms with Gasteiger partial charge in [0.15, 0.2) is 0 Å². The summed E-state index contributed by atoms with van der Waals surface area (Å²) in [5, 5.41) is 3.31. The number of hydrogen-bond donors (Lipinski definition) is 3. The average molecular weight is 296 g/mol. The highest BCUT2D eigenvalue weighted by atomic mass is 32.1. The van der Waals surface area contributed by atoms with Crippen molar-refractivity contribution in [1.82, 2.24) is 5.32 Å². The van der Waals surface area contributed by atoms with Crippen LogP contribution in [0.3, 0.4) is 0 Å². The number of anilines is 2. The molecule has 7 heteroatoms. The predicted octanol–water partition coefficient (Wildman–Crippen LogP) is 1.03. The summed E-state index contributed by atoms with van der Waals surface area (Å²) in [6.45, 7) is 6.03. The molecule has 1 fully saturated rings. The molecule has 1 aliphatic heterocycles. The van der Waals surface area contributed by atoms with Crippen molar-refractivity contribution in [3.63, 3.8) is 0 Å². The van der Waals surface area contributed by atoms with Crippen LogP contribution >= 0.6 is 11.3 Å². The molecule has 1 aliphatic rings. The summed E-state index contributed by atoms with van der Waals surface area (Å²) in [7, 11) is 1.54. The molecule has 1 aromatic rings. The summed E-state index contributed by atoms with van der Waals surface area (Å²) in [5.74, 6) is -0.881. The second-order valence-electron chi connectivity index (χ2n) is 5.80. The number of primary amides is 1. The van der Waals surface area contributed by atoms with E-state index in [0.29, 0.717) is 5.56 Å². The molecule has 0 bridgehead atoms. The van der Waals surface area contributed by atoms with Crippen LogP contribution < -0.4 is 21.7 Å². The van der Waals surface area contributed by atoms with E-state index in [1.165, 1.54) is 11.3 Å². The first kappa shape index (κ1) is 14.6. The normalized spacial score (nSPS) is 17.2. The Hall–Kier alpha value is -1.76. The molecule has 0 aromatic carbocycles. The lowest BCUT2D eigenvalue weighted by Gasteiger charge is -2.21. The molecule has 0 aliphatic carbocycles. The molecule has 0 atom stereocenters. The summed E-state index contributed by atoms with van der Waals surface area (Å²) in [4.78, 5) is 25.9. The number of carbonyl (C=O) groups excluding carboxylic acids is 2. The number of carbonyl (C=O) groups is 2. The molecule has 0 saturated carbocycles. The lowest BCUT2D eigenvalue weighted by atomic mass is 9.93. The van der Waals surface area contributed by atoms with E-state index < -0.39 is 5.91 Å². The molecule has 6 nitrogen and oxygen atoms in total. The van der Waals surface area contributed by atoms with Gasteiger partial charge in [-0.3, -0.25) is 9.59 Å². The van der Waals surface area contributed by atoms with Crippen molar-refractivity contribution in [2.24, 2.45) is 11.1 Å². The standard InChI is InChI=1S/C13H20N4O2S/c1-13(2)4-5-17(6-13)12-7(11(19)16-3)8(14)9(20-12)10(15)18/h4-6,14H2,1-3H3,(H2,15,18)(H,16,19). The topological polar surface area (TPSA) is 101 Å². The maximum atomic E-state index is 12.0. The zero-order chi connectivity index (χ0) is 15.1. The summed E-state index contributed by atoms with van der Waals surface area (Å²) in [5.41, 5.74) is 12.0. The highest BCUT2D eigenvalue weighted by Crippen LogP contribution is 2.42. The molecule has 20 heavy (non-hydrogen) atoms. The molecule has 2 heterocycles. The molecular formula is C13H20N4O2S. The van der Waals surface area contributed by atoms with E-state index >= 15 is 0 Å². The SMILES string of the molecule is CNC(=O)c1c(N2CCC(C)(C)C2)sc(C(N)=O)c1N. The second-order valence-corrected chi connectivity index (χ2v) is 6.80. The summed E-state index contributed by atoms with van der Waals surface area (Å²) < 4.78 is 0. The Morgan fingerprint density at radius 2 is 2.05 bits per heavy atom. The minimum absolute atomic E-state index is 0.182. The Kier molecular flexibility index (Phi) is 3.64. The Balaban J connectivity index is 2.49. The van der Waals surface area contributed by atoms with E-state index in [9.17, 15) is 9.59 Å². The number of thiophene rings is 1. The van der Waals surface area contributed by atoms with Crippen LogP contribution in [0.2, 0.25) is 0 Å². The van der Waals surface area contributed by atoms with Gasteiger partial charge in [0.25, 0.3) is 11.8 Å². The second kappa shape index (κ2) is 4.97. The van der Waals surface area contributed by atoms with Gasteiger partial charge >= 0.3 is 0 Å². The van der Waals surface area contributed by atoms with E-state index in [0.717, 1.165) is 24.5 Å². The van der Waals surface area contributed by atoms with E-state index in [1.807, 2.05) is 0 Å². The van der Waals surface area contributed by atoms with Gasteiger partial charge in [-0.15, -0.1) is 11.3 Å². The number of rotatable bonds is 3. The number of amides is 2. The van der Waals surface area contributed by atoms with Gasteiger partial charge in [-0.2, -0.15) is 0 Å². The summed E-state index contributed by atoms with van der Waals surface area (Å²) in [6, 6.07) is 0. The molecule has 2 rings (SSSR count). The molecule has 110 valence electrons. The fourth-order valence-corrected chi connectivity index (χ4v) is 3.56. The molecule has 5 N–H and O–H groups in total. The van der Waals surface area contributed by atoms with Crippen molar-refractivity contribution in [2.45, 2.75) is 20.3 Å². The van der Waals surface area contributed by atoms with Crippen LogP contribution in [0.5, 0.6) is 0 Å². The minimum atomic E-state index is -0.595. The number of nitrogen functional groups attached to an aromatic ring is 1. The van der Waals surface area contributed by atoms with Crippen LogP contribution in [0, 0.1) is 5.41 Å². The Bertz CT molecular complexity index is 565. The zero-order valence-corrected chi connectivity index (χ0v) is 12.8. The van der Waals surface area contributed by atoms with Crippen LogP contribution in [0.15, 0.2) is 0 Å². The highest BCUT2D eigenvalue weighted by molar-refractivity contribution is 7.19. The number of nitrogens with two attached hydrogens (primary N) is 2. The first-order chi connectivity index (χ1) is 9.26. The molecular weight excluding hydrogens is 276 g/mol. The first-order valence-corrected chi connectivity index (χ1v) is 7.27. The maximum absolute atomic E-state index is 12.0. The molecule has 0 spiro atoms. The molecule has 1 aromatic heterocycles. The quantitative estimate of drug-likeness (QED) is 0.775. The Morgan fingerprint density at radius 1 is 1.40 bits per heavy atom. The number of hydrogen-bond acceptors (Lipinski definition) is 5.